The number of hydrogen-bond acceptors (Lipinski definition) is 2. The molecule has 0 aliphatic carbocycles. The standard InChI is InChI=1S/C12H16O3/c1-9(2)15-8-7-10-3-5-11(6-4-10)12(13)14/h3-6,9H,7-8H2,1-2H3,(H,13,14). The number of rotatable bonds is 5. The van der Waals surface area contributed by atoms with E-state index in [1.54, 1.807) is 12.1 Å². The van der Waals surface area contributed by atoms with E-state index < -0.39 is 5.97 Å². The molecular weight excluding hydrogens is 192 g/mol. The van der Waals surface area contributed by atoms with Gasteiger partial charge < -0.3 is 9.84 Å². The van der Waals surface area contributed by atoms with Crippen LogP contribution in [0.15, 0.2) is 24.3 Å². The van der Waals surface area contributed by atoms with Gasteiger partial charge in [-0.1, -0.05) is 12.1 Å². The minimum Gasteiger partial charge on any atom is -0.478 e. The van der Waals surface area contributed by atoms with Crippen LogP contribution in [-0.4, -0.2) is 23.8 Å². The van der Waals surface area contributed by atoms with Crippen molar-refractivity contribution in [1.82, 2.24) is 0 Å². The highest BCUT2D eigenvalue weighted by Crippen LogP contribution is 2.05. The molecule has 1 aromatic carbocycles. The van der Waals surface area contributed by atoms with E-state index in [-0.39, 0.29) is 6.10 Å². The fourth-order valence-electron chi connectivity index (χ4n) is 1.23. The van der Waals surface area contributed by atoms with Gasteiger partial charge in [0.15, 0.2) is 0 Å². The average molecular weight is 208 g/mol. The van der Waals surface area contributed by atoms with Crippen molar-refractivity contribution in [2.45, 2.75) is 26.4 Å². The molecule has 0 aliphatic rings. The molecule has 1 N–H and O–H groups in total. The van der Waals surface area contributed by atoms with Crippen LogP contribution in [0.1, 0.15) is 29.8 Å². The third-order valence-electron chi connectivity index (χ3n) is 2.04. The first-order chi connectivity index (χ1) is 7.09. The zero-order valence-corrected chi connectivity index (χ0v) is 9.06. The third-order valence-corrected chi connectivity index (χ3v) is 2.04. The minimum absolute atomic E-state index is 0.239. The summed E-state index contributed by atoms with van der Waals surface area (Å²) in [5.74, 6) is -0.889. The van der Waals surface area contributed by atoms with E-state index in [9.17, 15) is 4.79 Å². The largest absolute Gasteiger partial charge is 0.478 e. The number of aromatic carboxylic acids is 1. The molecule has 0 unspecified atom stereocenters. The maximum atomic E-state index is 10.6. The summed E-state index contributed by atoms with van der Waals surface area (Å²) in [6, 6.07) is 6.89. The van der Waals surface area contributed by atoms with Crippen LogP contribution in [0.25, 0.3) is 0 Å². The van der Waals surface area contributed by atoms with Crippen molar-refractivity contribution in [1.29, 1.82) is 0 Å². The van der Waals surface area contributed by atoms with Gasteiger partial charge in [0.1, 0.15) is 0 Å². The van der Waals surface area contributed by atoms with Crippen LogP contribution in [0.5, 0.6) is 0 Å². The lowest BCUT2D eigenvalue weighted by Crippen LogP contribution is -2.06. The molecule has 1 rings (SSSR count). The second-order valence-electron chi connectivity index (χ2n) is 3.67. The van der Waals surface area contributed by atoms with Crippen molar-refractivity contribution in [3.05, 3.63) is 35.4 Å². The first-order valence-electron chi connectivity index (χ1n) is 5.03. The van der Waals surface area contributed by atoms with Gasteiger partial charge in [0.25, 0.3) is 0 Å². The van der Waals surface area contributed by atoms with E-state index >= 15 is 0 Å². The molecular formula is C12H16O3. The van der Waals surface area contributed by atoms with Gasteiger partial charge in [0, 0.05) is 0 Å². The highest BCUT2D eigenvalue weighted by Gasteiger charge is 2.01. The highest BCUT2D eigenvalue weighted by molar-refractivity contribution is 5.87. The summed E-state index contributed by atoms with van der Waals surface area (Å²) in [6.45, 7) is 4.66. The third kappa shape index (κ3) is 4.13. The Balaban J connectivity index is 2.46. The summed E-state index contributed by atoms with van der Waals surface area (Å²) in [5, 5.41) is 8.70. The van der Waals surface area contributed by atoms with Crippen LogP contribution in [0, 0.1) is 0 Å². The monoisotopic (exact) mass is 208 g/mol. The topological polar surface area (TPSA) is 46.5 Å². The van der Waals surface area contributed by atoms with Crippen LogP contribution in [0.2, 0.25) is 0 Å². The van der Waals surface area contributed by atoms with E-state index in [0.29, 0.717) is 12.2 Å². The molecule has 0 saturated heterocycles. The van der Waals surface area contributed by atoms with Gasteiger partial charge in [0.2, 0.25) is 0 Å². The van der Waals surface area contributed by atoms with Gasteiger partial charge in [-0.2, -0.15) is 0 Å². The molecule has 0 spiro atoms. The van der Waals surface area contributed by atoms with Crippen molar-refractivity contribution in [3.63, 3.8) is 0 Å². The highest BCUT2D eigenvalue weighted by atomic mass is 16.5. The quantitative estimate of drug-likeness (QED) is 0.808. The van der Waals surface area contributed by atoms with Gasteiger partial charge in [-0.25, -0.2) is 4.79 Å². The molecule has 0 heterocycles. The van der Waals surface area contributed by atoms with Gasteiger partial charge >= 0.3 is 5.97 Å². The summed E-state index contributed by atoms with van der Waals surface area (Å²) < 4.78 is 5.41. The van der Waals surface area contributed by atoms with Crippen LogP contribution in [0.4, 0.5) is 0 Å². The molecule has 0 fully saturated rings. The molecule has 3 heteroatoms. The maximum Gasteiger partial charge on any atom is 0.335 e. The fraction of sp³-hybridized carbons (Fsp3) is 0.417. The first-order valence-corrected chi connectivity index (χ1v) is 5.03. The second kappa shape index (κ2) is 5.51. The Bertz CT molecular complexity index is 314. The predicted octanol–water partition coefficient (Wildman–Crippen LogP) is 2.35. The number of hydrogen-bond donors (Lipinski definition) is 1. The molecule has 0 bridgehead atoms. The van der Waals surface area contributed by atoms with Gasteiger partial charge in [0.05, 0.1) is 18.3 Å². The summed E-state index contributed by atoms with van der Waals surface area (Å²) in [7, 11) is 0. The van der Waals surface area contributed by atoms with Crippen LogP contribution in [0.3, 0.4) is 0 Å². The van der Waals surface area contributed by atoms with Crippen molar-refractivity contribution >= 4 is 5.97 Å². The lowest BCUT2D eigenvalue weighted by molar-refractivity contribution is 0.0697. The first kappa shape index (κ1) is 11.7. The van der Waals surface area contributed by atoms with Crippen LogP contribution >= 0.6 is 0 Å². The van der Waals surface area contributed by atoms with E-state index in [2.05, 4.69) is 0 Å². The molecule has 0 aromatic heterocycles. The van der Waals surface area contributed by atoms with Crippen molar-refractivity contribution < 1.29 is 14.6 Å². The van der Waals surface area contributed by atoms with Crippen molar-refractivity contribution in [2.24, 2.45) is 0 Å². The molecule has 0 aliphatic heterocycles. The number of carbonyl (C=O) groups is 1. The predicted molar refractivity (Wildman–Crippen MR) is 58.2 cm³/mol. The smallest absolute Gasteiger partial charge is 0.335 e. The summed E-state index contributed by atoms with van der Waals surface area (Å²) >= 11 is 0. The molecule has 0 atom stereocenters. The van der Waals surface area contributed by atoms with Gasteiger partial charge in [-0.3, -0.25) is 0 Å². The Morgan fingerprint density at radius 2 is 1.93 bits per heavy atom. The van der Waals surface area contributed by atoms with Gasteiger partial charge in [-0.05, 0) is 38.0 Å². The molecule has 0 amide bonds. The number of ether oxygens (including phenoxy) is 1. The Morgan fingerprint density at radius 1 is 1.33 bits per heavy atom. The zero-order valence-electron chi connectivity index (χ0n) is 9.06. The molecule has 82 valence electrons. The number of carboxylic acid groups (broad SMARTS) is 1. The second-order valence-corrected chi connectivity index (χ2v) is 3.67. The lowest BCUT2D eigenvalue weighted by Gasteiger charge is -2.07. The van der Waals surface area contributed by atoms with Crippen molar-refractivity contribution in [2.75, 3.05) is 6.61 Å². The Hall–Kier alpha value is -1.35. The molecule has 0 radical (unpaired) electrons. The minimum atomic E-state index is -0.889. The number of carboxylic acids is 1. The van der Waals surface area contributed by atoms with E-state index in [1.807, 2.05) is 26.0 Å². The van der Waals surface area contributed by atoms with Crippen molar-refractivity contribution in [3.8, 4) is 0 Å². The average Bonchev–Trinajstić information content (AvgIpc) is 2.18. The van der Waals surface area contributed by atoms with E-state index in [1.165, 1.54) is 0 Å². The zero-order chi connectivity index (χ0) is 11.3. The summed E-state index contributed by atoms with van der Waals surface area (Å²) in [5.41, 5.74) is 1.42. The Kier molecular flexibility index (Phi) is 4.31. The summed E-state index contributed by atoms with van der Waals surface area (Å²) in [4.78, 5) is 10.6. The molecule has 15 heavy (non-hydrogen) atoms. The van der Waals surface area contributed by atoms with Crippen LogP contribution < -0.4 is 0 Å². The normalized spacial score (nSPS) is 10.6. The SMILES string of the molecule is CC(C)OCCc1ccc(C(=O)O)cc1. The number of benzene rings is 1. The Morgan fingerprint density at radius 3 is 2.40 bits per heavy atom. The summed E-state index contributed by atoms with van der Waals surface area (Å²) in [6.07, 6.45) is 1.06. The molecule has 0 saturated carbocycles. The maximum absolute atomic E-state index is 10.6. The van der Waals surface area contributed by atoms with Crippen LogP contribution in [-0.2, 0) is 11.2 Å². The fourth-order valence-corrected chi connectivity index (χ4v) is 1.23. The molecule has 1 aromatic rings. The Labute approximate surface area is 89.7 Å². The van der Waals surface area contributed by atoms with E-state index in [4.69, 9.17) is 9.84 Å². The molecule has 3 nitrogen and oxygen atoms in total. The van der Waals surface area contributed by atoms with Gasteiger partial charge in [-0.15, -0.1) is 0 Å². The van der Waals surface area contributed by atoms with E-state index in [0.717, 1.165) is 12.0 Å². The lowest BCUT2D eigenvalue weighted by atomic mass is 10.1.